The molecule has 0 aromatic rings. The molecule has 3 rings (SSSR count). The lowest BCUT2D eigenvalue weighted by Gasteiger charge is -2.60. The Morgan fingerprint density at radius 3 is 2.41 bits per heavy atom. The Bertz CT molecular complexity index is 563. The number of hydrogen-bond acceptors (Lipinski definition) is 4. The van der Waals surface area contributed by atoms with E-state index in [0.29, 0.717) is 44.4 Å². The third kappa shape index (κ3) is 4.29. The molecule has 1 saturated heterocycles. The highest BCUT2D eigenvalue weighted by atomic mass is 35.5. The SMILES string of the molecule is C[C@]12CC(Cl)C(Cl)[C@@](C)(CO[Si](C)(C)C)[C@@H]1CCC(=O)[C@@H]2CC1OCCO1. The van der Waals surface area contributed by atoms with Gasteiger partial charge in [0.1, 0.15) is 5.78 Å². The van der Waals surface area contributed by atoms with Crippen LogP contribution in [0, 0.1) is 22.7 Å². The molecule has 156 valence electrons. The van der Waals surface area contributed by atoms with Gasteiger partial charge in [0, 0.05) is 30.8 Å². The predicted octanol–water partition coefficient (Wildman–Crippen LogP) is 4.83. The number of fused-ring (bicyclic) bond motifs is 1. The number of Topliss-reactive ketones (excluding diaryl/α,β-unsaturated/α-hetero) is 1. The van der Waals surface area contributed by atoms with E-state index in [0.717, 1.165) is 12.8 Å². The average Bonchev–Trinajstić information content (AvgIpc) is 3.07. The highest BCUT2D eigenvalue weighted by molar-refractivity contribution is 6.69. The molecule has 0 aromatic heterocycles. The molecule has 0 spiro atoms. The molecule has 3 aliphatic rings. The van der Waals surface area contributed by atoms with E-state index < -0.39 is 8.32 Å². The first-order chi connectivity index (χ1) is 12.5. The molecule has 0 amide bonds. The summed E-state index contributed by atoms with van der Waals surface area (Å²) in [7, 11) is -1.69. The molecule has 6 atom stereocenters. The van der Waals surface area contributed by atoms with Crippen molar-refractivity contribution in [3.05, 3.63) is 0 Å². The number of ketones is 1. The number of alkyl halides is 2. The second-order valence-electron chi connectivity index (χ2n) is 10.1. The summed E-state index contributed by atoms with van der Waals surface area (Å²) in [6.45, 7) is 12.9. The van der Waals surface area contributed by atoms with Gasteiger partial charge in [-0.1, -0.05) is 13.8 Å². The quantitative estimate of drug-likeness (QED) is 0.457. The first-order valence-electron chi connectivity index (χ1n) is 10.2. The molecular weight excluding hydrogens is 403 g/mol. The lowest BCUT2D eigenvalue weighted by Crippen LogP contribution is -2.62. The molecule has 1 aliphatic heterocycles. The van der Waals surface area contributed by atoms with Crippen molar-refractivity contribution in [1.82, 2.24) is 0 Å². The molecule has 7 heteroatoms. The van der Waals surface area contributed by atoms with Crippen molar-refractivity contribution in [2.45, 2.75) is 76.2 Å². The third-order valence-electron chi connectivity index (χ3n) is 6.97. The van der Waals surface area contributed by atoms with Crippen LogP contribution in [-0.2, 0) is 18.7 Å². The summed E-state index contributed by atoms with van der Waals surface area (Å²) in [6.07, 6.45) is 2.54. The van der Waals surface area contributed by atoms with Gasteiger partial charge in [-0.3, -0.25) is 4.79 Å². The van der Waals surface area contributed by atoms with Gasteiger partial charge in [-0.15, -0.1) is 23.2 Å². The van der Waals surface area contributed by atoms with E-state index in [1.807, 2.05) is 0 Å². The zero-order valence-corrected chi connectivity index (χ0v) is 19.7. The second kappa shape index (κ2) is 7.88. The van der Waals surface area contributed by atoms with Crippen LogP contribution < -0.4 is 0 Å². The van der Waals surface area contributed by atoms with Crippen molar-refractivity contribution in [2.24, 2.45) is 22.7 Å². The van der Waals surface area contributed by atoms with Gasteiger partial charge in [0.05, 0.1) is 24.0 Å². The van der Waals surface area contributed by atoms with Gasteiger partial charge in [0.2, 0.25) is 0 Å². The molecule has 0 N–H and O–H groups in total. The number of rotatable bonds is 5. The van der Waals surface area contributed by atoms with Crippen LogP contribution in [0.15, 0.2) is 0 Å². The normalized spacial score (nSPS) is 43.7. The highest BCUT2D eigenvalue weighted by Gasteiger charge is 2.62. The largest absolute Gasteiger partial charge is 0.417 e. The first-order valence-corrected chi connectivity index (χ1v) is 14.4. The zero-order valence-electron chi connectivity index (χ0n) is 17.2. The van der Waals surface area contributed by atoms with Crippen molar-refractivity contribution < 1.29 is 18.7 Å². The van der Waals surface area contributed by atoms with Crippen LogP contribution in [-0.4, -0.2) is 51.0 Å². The Kier molecular flexibility index (Phi) is 6.43. The Balaban J connectivity index is 1.90. The van der Waals surface area contributed by atoms with E-state index in [9.17, 15) is 4.79 Å². The van der Waals surface area contributed by atoms with Gasteiger partial charge in [0.15, 0.2) is 14.6 Å². The van der Waals surface area contributed by atoms with Crippen LogP contribution >= 0.6 is 23.2 Å². The molecule has 2 aliphatic carbocycles. The van der Waals surface area contributed by atoms with E-state index in [2.05, 4.69) is 33.5 Å². The maximum atomic E-state index is 12.9. The monoisotopic (exact) mass is 436 g/mol. The summed E-state index contributed by atoms with van der Waals surface area (Å²) < 4.78 is 17.7. The van der Waals surface area contributed by atoms with Gasteiger partial charge in [-0.25, -0.2) is 0 Å². The lowest BCUT2D eigenvalue weighted by atomic mass is 9.47. The fourth-order valence-corrected chi connectivity index (χ4v) is 7.25. The maximum Gasteiger partial charge on any atom is 0.183 e. The molecule has 0 bridgehead atoms. The minimum atomic E-state index is -1.69. The van der Waals surface area contributed by atoms with E-state index >= 15 is 0 Å². The smallest absolute Gasteiger partial charge is 0.183 e. The van der Waals surface area contributed by atoms with Crippen molar-refractivity contribution >= 4 is 37.3 Å². The number of carbonyl (C=O) groups excluding carboxylic acids is 1. The molecule has 4 nitrogen and oxygen atoms in total. The summed E-state index contributed by atoms with van der Waals surface area (Å²) in [5, 5.41) is -0.344. The van der Waals surface area contributed by atoms with Gasteiger partial charge in [-0.05, 0) is 43.8 Å². The van der Waals surface area contributed by atoms with Crippen LogP contribution in [0.4, 0.5) is 0 Å². The van der Waals surface area contributed by atoms with Crippen LogP contribution in [0.1, 0.15) is 39.5 Å². The van der Waals surface area contributed by atoms with Gasteiger partial charge >= 0.3 is 0 Å². The Morgan fingerprint density at radius 2 is 1.81 bits per heavy atom. The first kappa shape index (κ1) is 22.0. The fourth-order valence-electron chi connectivity index (χ4n) is 5.59. The number of hydrogen-bond donors (Lipinski definition) is 0. The summed E-state index contributed by atoms with van der Waals surface area (Å²) in [5.74, 6) is 0.511. The van der Waals surface area contributed by atoms with Gasteiger partial charge in [0.25, 0.3) is 0 Å². The van der Waals surface area contributed by atoms with Crippen molar-refractivity contribution in [1.29, 1.82) is 0 Å². The lowest BCUT2D eigenvalue weighted by molar-refractivity contribution is -0.156. The molecule has 1 heterocycles. The van der Waals surface area contributed by atoms with Crippen LogP contribution in [0.25, 0.3) is 0 Å². The van der Waals surface area contributed by atoms with E-state index in [1.165, 1.54) is 0 Å². The van der Waals surface area contributed by atoms with Crippen molar-refractivity contribution in [3.8, 4) is 0 Å². The number of carbonyl (C=O) groups is 1. The third-order valence-corrected chi connectivity index (χ3v) is 9.32. The predicted molar refractivity (Wildman–Crippen MR) is 111 cm³/mol. The van der Waals surface area contributed by atoms with Crippen molar-refractivity contribution in [3.63, 3.8) is 0 Å². The molecule has 2 saturated carbocycles. The fraction of sp³-hybridized carbons (Fsp3) is 0.950. The topological polar surface area (TPSA) is 44.8 Å². The van der Waals surface area contributed by atoms with Gasteiger partial charge in [-0.2, -0.15) is 0 Å². The number of halogens is 2. The molecule has 3 fully saturated rings. The minimum Gasteiger partial charge on any atom is -0.417 e. The van der Waals surface area contributed by atoms with E-state index in [4.69, 9.17) is 37.1 Å². The molecule has 0 aromatic carbocycles. The van der Waals surface area contributed by atoms with Crippen molar-refractivity contribution in [2.75, 3.05) is 19.8 Å². The van der Waals surface area contributed by atoms with Crippen LogP contribution in [0.2, 0.25) is 19.6 Å². The van der Waals surface area contributed by atoms with Crippen LogP contribution in [0.5, 0.6) is 0 Å². The van der Waals surface area contributed by atoms with Crippen LogP contribution in [0.3, 0.4) is 0 Å². The number of ether oxygens (including phenoxy) is 2. The Morgan fingerprint density at radius 1 is 1.19 bits per heavy atom. The van der Waals surface area contributed by atoms with Gasteiger partial charge < -0.3 is 13.9 Å². The zero-order chi connectivity index (χ0) is 20.0. The molecule has 27 heavy (non-hydrogen) atoms. The Labute approximate surface area is 174 Å². The van der Waals surface area contributed by atoms with E-state index in [-0.39, 0.29) is 33.8 Å². The summed E-state index contributed by atoms with van der Waals surface area (Å²) in [6, 6.07) is 0. The second-order valence-corrected chi connectivity index (χ2v) is 15.6. The molecular formula is C20H34Cl2O4Si. The highest BCUT2D eigenvalue weighted by Crippen LogP contribution is 2.62. The maximum absolute atomic E-state index is 12.9. The van der Waals surface area contributed by atoms with E-state index in [1.54, 1.807) is 0 Å². The molecule has 2 unspecified atom stereocenters. The standard InChI is InChI=1S/C20H34Cl2O4Si/c1-19-11-14(21)18(22)20(2,12-26-27(3,4)5)16(19)7-6-15(23)13(19)10-17-24-8-9-25-17/h13-14,16-18H,6-12H2,1-5H3/t13-,14?,16+,18?,19+,20-/m0/s1. The minimum absolute atomic E-state index is 0.101. The summed E-state index contributed by atoms with van der Waals surface area (Å²) in [5.41, 5.74) is -0.461. The summed E-state index contributed by atoms with van der Waals surface area (Å²) in [4.78, 5) is 12.9. The summed E-state index contributed by atoms with van der Waals surface area (Å²) >= 11 is 13.7. The Hall–Kier alpha value is 0.347. The molecule has 0 radical (unpaired) electrons. The average molecular weight is 437 g/mol.